The Labute approximate surface area is 124 Å². The van der Waals surface area contributed by atoms with Crippen LogP contribution in [0.4, 0.5) is 0 Å². The van der Waals surface area contributed by atoms with Gasteiger partial charge in [0.2, 0.25) is 0 Å². The number of aromatic nitrogens is 2. The van der Waals surface area contributed by atoms with Gasteiger partial charge < -0.3 is 9.47 Å². The molecule has 21 heavy (non-hydrogen) atoms. The van der Waals surface area contributed by atoms with Crippen molar-refractivity contribution in [3.63, 3.8) is 0 Å². The molecule has 0 aromatic carbocycles. The van der Waals surface area contributed by atoms with Crippen LogP contribution in [0.15, 0.2) is 31.5 Å². The van der Waals surface area contributed by atoms with E-state index in [1.54, 1.807) is 0 Å². The van der Waals surface area contributed by atoms with E-state index in [0.717, 1.165) is 30.1 Å². The van der Waals surface area contributed by atoms with Crippen LogP contribution < -0.4 is 4.57 Å². The summed E-state index contributed by atoms with van der Waals surface area (Å²) in [5.41, 5.74) is 0.957. The highest BCUT2D eigenvalue weighted by Gasteiger charge is 2.14. The van der Waals surface area contributed by atoms with Gasteiger partial charge in [-0.05, 0) is 0 Å². The second-order valence-electron chi connectivity index (χ2n) is 4.27. The molecule has 0 amide bonds. The van der Waals surface area contributed by atoms with Gasteiger partial charge in [-0.1, -0.05) is 20.1 Å². The molecule has 1 aromatic heterocycles. The molecule has 6 heteroatoms. The number of rotatable bonds is 9. The predicted octanol–water partition coefficient (Wildman–Crippen LogP) is 0.865. The van der Waals surface area contributed by atoms with Gasteiger partial charge in [-0.2, -0.15) is 0 Å². The standard InChI is InChI=1S/C15H20N2O4/c1-4-13-16-12(7-9-20-14(18)5-2)11-17(13)8-10-21-15(19)6-3/h5-6,11H,2-4,7-10H2,1H3/p+1. The van der Waals surface area contributed by atoms with Gasteiger partial charge in [-0.25, -0.2) is 19.1 Å². The van der Waals surface area contributed by atoms with E-state index in [4.69, 9.17) is 9.47 Å². The fourth-order valence-corrected chi connectivity index (χ4v) is 1.80. The summed E-state index contributed by atoms with van der Waals surface area (Å²) in [5.74, 6) is 0.164. The molecule has 0 aliphatic carbocycles. The number of hydrogen-bond donors (Lipinski definition) is 1. The Kier molecular flexibility index (Phi) is 6.94. The van der Waals surface area contributed by atoms with E-state index in [-0.39, 0.29) is 6.61 Å². The van der Waals surface area contributed by atoms with E-state index < -0.39 is 11.9 Å². The SMILES string of the molecule is C=CC(=O)OCCc1c[n+](CCOC(=O)C=C)c(CC)[nH]1. The van der Waals surface area contributed by atoms with Crippen molar-refractivity contribution in [2.24, 2.45) is 0 Å². The first-order chi connectivity index (χ1) is 10.1. The van der Waals surface area contributed by atoms with E-state index in [9.17, 15) is 9.59 Å². The minimum absolute atomic E-state index is 0.283. The van der Waals surface area contributed by atoms with Gasteiger partial charge in [0.05, 0.1) is 6.61 Å². The fraction of sp³-hybridized carbons (Fsp3) is 0.400. The van der Waals surface area contributed by atoms with Gasteiger partial charge in [0.25, 0.3) is 5.82 Å². The maximum atomic E-state index is 11.0. The highest BCUT2D eigenvalue weighted by atomic mass is 16.5. The van der Waals surface area contributed by atoms with Gasteiger partial charge in [0.15, 0.2) is 0 Å². The van der Waals surface area contributed by atoms with Gasteiger partial charge in [-0.3, -0.25) is 0 Å². The second kappa shape index (κ2) is 8.73. The number of nitrogens with one attached hydrogen (secondary N) is 1. The van der Waals surface area contributed by atoms with Crippen LogP contribution in [-0.2, 0) is 38.4 Å². The lowest BCUT2D eigenvalue weighted by Crippen LogP contribution is -2.38. The monoisotopic (exact) mass is 293 g/mol. The van der Waals surface area contributed by atoms with Crippen molar-refractivity contribution in [2.75, 3.05) is 13.2 Å². The molecule has 0 radical (unpaired) electrons. The summed E-state index contributed by atoms with van der Waals surface area (Å²) in [5, 5.41) is 0. The fourth-order valence-electron chi connectivity index (χ4n) is 1.80. The van der Waals surface area contributed by atoms with Crippen LogP contribution in [0.5, 0.6) is 0 Å². The molecule has 1 rings (SSSR count). The third-order valence-electron chi connectivity index (χ3n) is 2.82. The Balaban J connectivity index is 2.52. The third kappa shape index (κ3) is 5.64. The quantitative estimate of drug-likeness (QED) is 0.416. The highest BCUT2D eigenvalue weighted by molar-refractivity contribution is 5.81. The average molecular weight is 293 g/mol. The van der Waals surface area contributed by atoms with Crippen LogP contribution in [-0.4, -0.2) is 30.1 Å². The maximum absolute atomic E-state index is 11.0. The first kappa shape index (κ1) is 16.7. The van der Waals surface area contributed by atoms with Gasteiger partial charge >= 0.3 is 11.9 Å². The van der Waals surface area contributed by atoms with Gasteiger partial charge in [0, 0.05) is 25.0 Å². The lowest BCUT2D eigenvalue weighted by molar-refractivity contribution is -0.703. The number of H-pyrrole nitrogens is 1. The molecule has 1 aromatic rings. The Morgan fingerprint density at radius 1 is 1.24 bits per heavy atom. The van der Waals surface area contributed by atoms with E-state index in [1.165, 1.54) is 0 Å². The topological polar surface area (TPSA) is 72.3 Å². The number of carbonyl (C=O) groups excluding carboxylic acids is 2. The molecule has 0 aliphatic heterocycles. The Hall–Kier alpha value is -2.37. The van der Waals surface area contributed by atoms with Crippen molar-refractivity contribution in [3.05, 3.63) is 43.0 Å². The summed E-state index contributed by atoms with van der Waals surface area (Å²) in [4.78, 5) is 25.2. The van der Waals surface area contributed by atoms with Crippen LogP contribution in [0.25, 0.3) is 0 Å². The van der Waals surface area contributed by atoms with Crippen LogP contribution in [0.3, 0.4) is 0 Å². The molecule has 6 nitrogen and oxygen atoms in total. The Bertz CT molecular complexity index is 520. The zero-order valence-electron chi connectivity index (χ0n) is 12.3. The number of carbonyl (C=O) groups is 2. The number of ether oxygens (including phenoxy) is 2. The number of nitrogens with zero attached hydrogens (tertiary/aromatic N) is 1. The molecule has 0 spiro atoms. The van der Waals surface area contributed by atoms with Crippen molar-refractivity contribution < 1.29 is 23.6 Å². The van der Waals surface area contributed by atoms with E-state index in [1.807, 2.05) is 17.7 Å². The molecule has 0 unspecified atom stereocenters. The van der Waals surface area contributed by atoms with Crippen molar-refractivity contribution in [1.82, 2.24) is 4.98 Å². The van der Waals surface area contributed by atoms with Crippen LogP contribution >= 0.6 is 0 Å². The summed E-state index contributed by atoms with van der Waals surface area (Å²) in [7, 11) is 0. The molecule has 114 valence electrons. The molecule has 0 atom stereocenters. The number of hydrogen-bond acceptors (Lipinski definition) is 4. The molecular weight excluding hydrogens is 272 g/mol. The van der Waals surface area contributed by atoms with Crippen molar-refractivity contribution in [1.29, 1.82) is 0 Å². The van der Waals surface area contributed by atoms with Crippen molar-refractivity contribution >= 4 is 11.9 Å². The molecule has 0 saturated heterocycles. The summed E-state index contributed by atoms with van der Waals surface area (Å²) in [6.45, 7) is 9.84. The van der Waals surface area contributed by atoms with E-state index in [2.05, 4.69) is 18.1 Å². The van der Waals surface area contributed by atoms with Crippen LogP contribution in [0.2, 0.25) is 0 Å². The third-order valence-corrected chi connectivity index (χ3v) is 2.82. The van der Waals surface area contributed by atoms with Crippen molar-refractivity contribution in [3.8, 4) is 0 Å². The highest BCUT2D eigenvalue weighted by Crippen LogP contribution is 1.99. The molecule has 0 bridgehead atoms. The molecule has 0 saturated carbocycles. The average Bonchev–Trinajstić information content (AvgIpc) is 2.89. The predicted molar refractivity (Wildman–Crippen MR) is 76.4 cm³/mol. The lowest BCUT2D eigenvalue weighted by atomic mass is 10.3. The first-order valence-corrected chi connectivity index (χ1v) is 6.79. The summed E-state index contributed by atoms with van der Waals surface area (Å²) in [6.07, 6.45) is 5.62. The van der Waals surface area contributed by atoms with Gasteiger partial charge in [0.1, 0.15) is 25.0 Å². The van der Waals surface area contributed by atoms with Crippen LogP contribution in [0, 0.1) is 0 Å². The minimum atomic E-state index is -0.430. The van der Waals surface area contributed by atoms with Crippen molar-refractivity contribution in [2.45, 2.75) is 26.3 Å². The summed E-state index contributed by atoms with van der Waals surface area (Å²) < 4.78 is 11.9. The molecule has 1 heterocycles. The van der Waals surface area contributed by atoms with Gasteiger partial charge in [-0.15, -0.1) is 0 Å². The second-order valence-corrected chi connectivity index (χ2v) is 4.27. The Morgan fingerprint density at radius 3 is 2.43 bits per heavy atom. The number of aromatic amines is 1. The largest absolute Gasteiger partial charge is 0.462 e. The summed E-state index contributed by atoms with van der Waals surface area (Å²) >= 11 is 0. The molecule has 1 N–H and O–H groups in total. The Morgan fingerprint density at radius 2 is 1.86 bits per heavy atom. The summed E-state index contributed by atoms with van der Waals surface area (Å²) in [6, 6.07) is 0. The zero-order valence-corrected chi connectivity index (χ0v) is 12.3. The molecule has 0 fully saturated rings. The minimum Gasteiger partial charge on any atom is -0.462 e. The van der Waals surface area contributed by atoms with E-state index in [0.29, 0.717) is 19.6 Å². The first-order valence-electron chi connectivity index (χ1n) is 6.79. The number of esters is 2. The normalized spacial score (nSPS) is 9.95. The zero-order chi connectivity index (χ0) is 15.7. The maximum Gasteiger partial charge on any atom is 0.330 e. The smallest absolute Gasteiger partial charge is 0.330 e. The van der Waals surface area contributed by atoms with Crippen LogP contribution in [0.1, 0.15) is 18.4 Å². The molecule has 0 aliphatic rings. The molecular formula is C15H21N2O4+. The number of aryl methyl sites for hydroxylation is 1. The lowest BCUT2D eigenvalue weighted by Gasteiger charge is -2.00. The number of imidazole rings is 1. The van der Waals surface area contributed by atoms with E-state index >= 15 is 0 Å².